The molecule has 0 heterocycles. The number of aliphatic hydroxyl groups excluding tert-OH is 2. The molecule has 6 heteroatoms. The van der Waals surface area contributed by atoms with Crippen molar-refractivity contribution in [3.8, 4) is 0 Å². The molecular weight excluding hydrogens is 839 g/mol. The van der Waals surface area contributed by atoms with Crippen LogP contribution in [0.1, 0.15) is 335 Å². The van der Waals surface area contributed by atoms with E-state index in [0.29, 0.717) is 19.3 Å². The molecule has 0 spiro atoms. The second-order valence-electron chi connectivity index (χ2n) is 21.1. The topological polar surface area (TPSA) is 95.9 Å². The minimum absolute atomic E-state index is 0.0660. The van der Waals surface area contributed by atoms with Crippen LogP contribution in [0.2, 0.25) is 0 Å². The van der Waals surface area contributed by atoms with E-state index in [-0.39, 0.29) is 24.9 Å². The Morgan fingerprint density at radius 1 is 0.426 bits per heavy atom. The van der Waals surface area contributed by atoms with Crippen molar-refractivity contribution in [2.45, 2.75) is 354 Å². The molecule has 0 aliphatic heterocycles. The van der Waals surface area contributed by atoms with Gasteiger partial charge in [-0.1, -0.05) is 295 Å². The lowest BCUT2D eigenvalue weighted by Gasteiger charge is -2.24. The Morgan fingerprint density at radius 2 is 0.735 bits per heavy atom. The number of rotatable bonds is 56. The number of carbonyl (C=O) groups excluding carboxylic acids is 2. The fraction of sp³-hybridized carbons (Fsp3) is 0.903. The molecule has 0 aromatic carbocycles. The summed E-state index contributed by atoms with van der Waals surface area (Å²) in [4.78, 5) is 26.3. The third kappa shape index (κ3) is 50.7. The molecular formula is C62H119NO5. The van der Waals surface area contributed by atoms with Gasteiger partial charge in [-0.25, -0.2) is 0 Å². The van der Waals surface area contributed by atoms with E-state index in [1.807, 2.05) is 0 Å². The summed E-state index contributed by atoms with van der Waals surface area (Å²) in [5.74, 6) is -0.478. The maximum absolute atomic E-state index is 13.3. The number of ether oxygens (including phenoxy) is 1. The predicted octanol–water partition coefficient (Wildman–Crippen LogP) is 19.0. The van der Waals surface area contributed by atoms with E-state index < -0.39 is 18.2 Å². The molecule has 0 aliphatic rings. The zero-order chi connectivity index (χ0) is 49.5. The smallest absolute Gasteiger partial charge is 0.306 e. The van der Waals surface area contributed by atoms with E-state index in [2.05, 4.69) is 50.4 Å². The van der Waals surface area contributed by atoms with Crippen LogP contribution in [0.5, 0.6) is 0 Å². The fourth-order valence-electron chi connectivity index (χ4n) is 9.66. The summed E-state index contributed by atoms with van der Waals surface area (Å²) < 4.78 is 5.97. The van der Waals surface area contributed by atoms with Crippen LogP contribution in [-0.4, -0.2) is 46.9 Å². The first-order valence-electron chi connectivity index (χ1n) is 30.6. The zero-order valence-electron chi connectivity index (χ0n) is 46.0. The van der Waals surface area contributed by atoms with Crippen molar-refractivity contribution in [1.82, 2.24) is 5.32 Å². The first-order valence-corrected chi connectivity index (χ1v) is 30.6. The van der Waals surface area contributed by atoms with Gasteiger partial charge in [0.1, 0.15) is 6.10 Å². The van der Waals surface area contributed by atoms with Crippen LogP contribution in [-0.2, 0) is 14.3 Å². The lowest BCUT2D eigenvalue weighted by molar-refractivity contribution is -0.151. The normalized spacial score (nSPS) is 13.2. The average Bonchev–Trinajstić information content (AvgIpc) is 3.33. The van der Waals surface area contributed by atoms with Crippen LogP contribution >= 0.6 is 0 Å². The maximum atomic E-state index is 13.3. The van der Waals surface area contributed by atoms with Gasteiger partial charge in [-0.3, -0.25) is 9.59 Å². The SMILES string of the molecule is CCCCCCCCC/C=C/C=C/CCCCCC(CC(=O)NC(CO)C(O)CCCCCCCCCCCCCCCCCC)OC(=O)CCCCCCCCCCCCCCCCCCC. The van der Waals surface area contributed by atoms with Gasteiger partial charge in [0.25, 0.3) is 0 Å². The van der Waals surface area contributed by atoms with Gasteiger partial charge in [-0.2, -0.15) is 0 Å². The van der Waals surface area contributed by atoms with E-state index in [4.69, 9.17) is 4.74 Å². The van der Waals surface area contributed by atoms with Gasteiger partial charge in [-0.05, 0) is 51.4 Å². The Morgan fingerprint density at radius 3 is 1.10 bits per heavy atom. The largest absolute Gasteiger partial charge is 0.462 e. The van der Waals surface area contributed by atoms with E-state index >= 15 is 0 Å². The monoisotopic (exact) mass is 958 g/mol. The predicted molar refractivity (Wildman–Crippen MR) is 296 cm³/mol. The van der Waals surface area contributed by atoms with Crippen LogP contribution in [0, 0.1) is 0 Å². The van der Waals surface area contributed by atoms with E-state index in [1.54, 1.807) is 0 Å². The minimum Gasteiger partial charge on any atom is -0.462 e. The van der Waals surface area contributed by atoms with Crippen molar-refractivity contribution in [3.63, 3.8) is 0 Å². The number of hydrogen-bond donors (Lipinski definition) is 3. The maximum Gasteiger partial charge on any atom is 0.306 e. The van der Waals surface area contributed by atoms with Crippen molar-refractivity contribution >= 4 is 11.9 Å². The number of unbranched alkanes of at least 4 members (excludes halogenated alkanes) is 41. The molecule has 0 saturated carbocycles. The molecule has 0 rings (SSSR count). The molecule has 0 aromatic rings. The van der Waals surface area contributed by atoms with Crippen LogP contribution in [0.4, 0.5) is 0 Å². The Labute approximate surface area is 424 Å². The summed E-state index contributed by atoms with van der Waals surface area (Å²) in [6.07, 6.45) is 66.8. The molecule has 3 unspecified atom stereocenters. The van der Waals surface area contributed by atoms with E-state index in [1.165, 1.54) is 225 Å². The molecule has 1 amide bonds. The van der Waals surface area contributed by atoms with Gasteiger partial charge in [-0.15, -0.1) is 0 Å². The Hall–Kier alpha value is -1.66. The molecule has 0 saturated heterocycles. The average molecular weight is 959 g/mol. The summed E-state index contributed by atoms with van der Waals surface area (Å²) in [7, 11) is 0. The molecule has 0 bridgehead atoms. The molecule has 402 valence electrons. The quantitative estimate of drug-likeness (QED) is 0.0321. The molecule has 3 atom stereocenters. The van der Waals surface area contributed by atoms with Crippen LogP contribution in [0.25, 0.3) is 0 Å². The van der Waals surface area contributed by atoms with Crippen molar-refractivity contribution in [3.05, 3.63) is 24.3 Å². The highest BCUT2D eigenvalue weighted by Crippen LogP contribution is 2.19. The second-order valence-corrected chi connectivity index (χ2v) is 21.1. The van der Waals surface area contributed by atoms with E-state index in [9.17, 15) is 19.8 Å². The summed E-state index contributed by atoms with van der Waals surface area (Å²) in [5.41, 5.74) is 0. The highest BCUT2D eigenvalue weighted by atomic mass is 16.5. The molecule has 0 radical (unpaired) electrons. The van der Waals surface area contributed by atoms with Crippen LogP contribution in [0.15, 0.2) is 24.3 Å². The van der Waals surface area contributed by atoms with Crippen LogP contribution in [0.3, 0.4) is 0 Å². The number of hydrogen-bond acceptors (Lipinski definition) is 5. The lowest BCUT2D eigenvalue weighted by atomic mass is 10.0. The zero-order valence-corrected chi connectivity index (χ0v) is 46.0. The highest BCUT2D eigenvalue weighted by Gasteiger charge is 2.24. The standard InChI is InChI=1S/C62H119NO5/c1-4-7-10-13-16-19-22-25-28-31-34-37-40-43-46-49-52-55-62(67)68-58(53-50-47-44-41-38-35-32-29-26-23-20-17-14-11-8-5-2)56-61(66)63-59(57-64)60(65)54-51-48-45-42-39-36-33-30-27-24-21-18-15-12-9-6-3/h29,32,35,38,58-60,64-65H,4-28,30-31,33-34,36-37,39-57H2,1-3H3,(H,63,66)/b32-29+,38-35+. The third-order valence-electron chi connectivity index (χ3n) is 14.3. The summed E-state index contributed by atoms with van der Waals surface area (Å²) in [5, 5.41) is 23.9. The molecule has 0 aromatic heterocycles. The van der Waals surface area contributed by atoms with Gasteiger partial charge < -0.3 is 20.3 Å². The van der Waals surface area contributed by atoms with Crippen molar-refractivity contribution in [2.24, 2.45) is 0 Å². The molecule has 68 heavy (non-hydrogen) atoms. The molecule has 6 nitrogen and oxygen atoms in total. The van der Waals surface area contributed by atoms with E-state index in [0.717, 1.165) is 64.2 Å². The van der Waals surface area contributed by atoms with Gasteiger partial charge >= 0.3 is 5.97 Å². The van der Waals surface area contributed by atoms with Gasteiger partial charge in [0.15, 0.2) is 0 Å². The fourth-order valence-corrected chi connectivity index (χ4v) is 9.66. The van der Waals surface area contributed by atoms with Crippen molar-refractivity contribution in [2.75, 3.05) is 6.61 Å². The Kier molecular flexibility index (Phi) is 54.9. The summed E-state index contributed by atoms with van der Waals surface area (Å²) in [6, 6.07) is -0.707. The Bertz CT molecular complexity index is 1080. The molecule has 0 aliphatic carbocycles. The van der Waals surface area contributed by atoms with Gasteiger partial charge in [0.2, 0.25) is 5.91 Å². The summed E-state index contributed by atoms with van der Waals surface area (Å²) in [6.45, 7) is 6.52. The number of aliphatic hydroxyl groups is 2. The highest BCUT2D eigenvalue weighted by molar-refractivity contribution is 5.77. The number of esters is 1. The number of nitrogens with one attached hydrogen (secondary N) is 1. The van der Waals surface area contributed by atoms with Gasteiger partial charge in [0.05, 0.1) is 25.2 Å². The molecule has 3 N–H and O–H groups in total. The van der Waals surface area contributed by atoms with Crippen molar-refractivity contribution in [1.29, 1.82) is 0 Å². The third-order valence-corrected chi connectivity index (χ3v) is 14.3. The minimum atomic E-state index is -0.792. The first-order chi connectivity index (χ1) is 33.5. The lowest BCUT2D eigenvalue weighted by Crippen LogP contribution is -2.46. The summed E-state index contributed by atoms with van der Waals surface area (Å²) >= 11 is 0. The molecule has 0 fully saturated rings. The second kappa shape index (κ2) is 56.3. The van der Waals surface area contributed by atoms with Gasteiger partial charge in [0, 0.05) is 6.42 Å². The van der Waals surface area contributed by atoms with Crippen LogP contribution < -0.4 is 5.32 Å². The number of allylic oxidation sites excluding steroid dienone is 4. The first kappa shape index (κ1) is 66.3. The number of carbonyl (C=O) groups is 2. The van der Waals surface area contributed by atoms with Crippen molar-refractivity contribution < 1.29 is 24.5 Å². The Balaban J connectivity index is 4.54. The number of amides is 1.